The van der Waals surface area contributed by atoms with Gasteiger partial charge in [-0.2, -0.15) is 0 Å². The second-order valence-electron chi connectivity index (χ2n) is 3.89. The number of aryl methyl sites for hydroxylation is 1. The van der Waals surface area contributed by atoms with Crippen molar-refractivity contribution in [1.82, 2.24) is 0 Å². The van der Waals surface area contributed by atoms with Crippen LogP contribution in [0.15, 0.2) is 30.9 Å². The molecule has 0 unspecified atom stereocenters. The molecule has 98 valence electrons. The summed E-state index contributed by atoms with van der Waals surface area (Å²) < 4.78 is 10.5. The SMILES string of the molecule is C=CCOc1ccc(C(=O)OCC)cc1CCC. The lowest BCUT2D eigenvalue weighted by Gasteiger charge is -2.11. The smallest absolute Gasteiger partial charge is 0.338 e. The van der Waals surface area contributed by atoms with Crippen LogP contribution in [-0.2, 0) is 11.2 Å². The maximum absolute atomic E-state index is 11.6. The van der Waals surface area contributed by atoms with Gasteiger partial charge in [0.1, 0.15) is 12.4 Å². The van der Waals surface area contributed by atoms with Gasteiger partial charge in [-0.1, -0.05) is 26.0 Å². The fourth-order valence-electron chi connectivity index (χ4n) is 1.68. The van der Waals surface area contributed by atoms with Crippen LogP contribution in [0.1, 0.15) is 36.2 Å². The van der Waals surface area contributed by atoms with Crippen LogP contribution in [0.2, 0.25) is 0 Å². The van der Waals surface area contributed by atoms with Gasteiger partial charge in [0.2, 0.25) is 0 Å². The third-order valence-corrected chi connectivity index (χ3v) is 2.45. The monoisotopic (exact) mass is 248 g/mol. The number of rotatable bonds is 7. The fourth-order valence-corrected chi connectivity index (χ4v) is 1.68. The average Bonchev–Trinajstić information content (AvgIpc) is 2.38. The van der Waals surface area contributed by atoms with E-state index in [1.54, 1.807) is 19.1 Å². The summed E-state index contributed by atoms with van der Waals surface area (Å²) in [7, 11) is 0. The topological polar surface area (TPSA) is 35.5 Å². The molecule has 1 aromatic rings. The number of carbonyl (C=O) groups excluding carboxylic acids is 1. The quantitative estimate of drug-likeness (QED) is 0.548. The summed E-state index contributed by atoms with van der Waals surface area (Å²) in [6.45, 7) is 8.37. The van der Waals surface area contributed by atoms with Crippen molar-refractivity contribution in [3.05, 3.63) is 42.0 Å². The van der Waals surface area contributed by atoms with Gasteiger partial charge in [-0.25, -0.2) is 4.79 Å². The first-order valence-corrected chi connectivity index (χ1v) is 6.26. The summed E-state index contributed by atoms with van der Waals surface area (Å²) in [6, 6.07) is 5.40. The zero-order chi connectivity index (χ0) is 13.4. The van der Waals surface area contributed by atoms with Crippen molar-refractivity contribution in [3.8, 4) is 5.75 Å². The first-order chi connectivity index (χ1) is 8.72. The minimum absolute atomic E-state index is 0.287. The fraction of sp³-hybridized carbons (Fsp3) is 0.400. The van der Waals surface area contributed by atoms with E-state index in [0.29, 0.717) is 18.8 Å². The standard InChI is InChI=1S/C15H20O3/c1-4-7-12-11-13(15(16)17-6-3)8-9-14(12)18-10-5-2/h5,8-9,11H,2,4,6-7,10H2,1,3H3. The molecule has 0 atom stereocenters. The lowest BCUT2D eigenvalue weighted by molar-refractivity contribution is 0.0526. The molecule has 0 N–H and O–H groups in total. The van der Waals surface area contributed by atoms with Crippen LogP contribution >= 0.6 is 0 Å². The maximum atomic E-state index is 11.6. The Morgan fingerprint density at radius 2 is 2.17 bits per heavy atom. The molecule has 3 nitrogen and oxygen atoms in total. The number of hydrogen-bond acceptors (Lipinski definition) is 3. The normalized spacial score (nSPS) is 9.89. The Morgan fingerprint density at radius 3 is 2.78 bits per heavy atom. The number of ether oxygens (including phenoxy) is 2. The van der Waals surface area contributed by atoms with Crippen LogP contribution in [0.5, 0.6) is 5.75 Å². The minimum atomic E-state index is -0.287. The lowest BCUT2D eigenvalue weighted by atomic mass is 10.1. The molecule has 0 saturated heterocycles. The van der Waals surface area contributed by atoms with Gasteiger partial charge in [0, 0.05) is 0 Å². The molecule has 0 fully saturated rings. The van der Waals surface area contributed by atoms with Crippen molar-refractivity contribution < 1.29 is 14.3 Å². The molecule has 0 radical (unpaired) electrons. The molecule has 0 saturated carbocycles. The van der Waals surface area contributed by atoms with Gasteiger partial charge in [0.05, 0.1) is 12.2 Å². The van der Waals surface area contributed by atoms with Crippen molar-refractivity contribution in [2.45, 2.75) is 26.7 Å². The summed E-state index contributed by atoms with van der Waals surface area (Å²) in [5, 5.41) is 0. The van der Waals surface area contributed by atoms with E-state index in [2.05, 4.69) is 13.5 Å². The largest absolute Gasteiger partial charge is 0.489 e. The summed E-state index contributed by atoms with van der Waals surface area (Å²) in [4.78, 5) is 11.6. The van der Waals surface area contributed by atoms with Gasteiger partial charge < -0.3 is 9.47 Å². The van der Waals surface area contributed by atoms with Crippen molar-refractivity contribution >= 4 is 5.97 Å². The zero-order valence-electron chi connectivity index (χ0n) is 11.1. The van der Waals surface area contributed by atoms with Crippen LogP contribution in [-0.4, -0.2) is 19.2 Å². The number of benzene rings is 1. The number of esters is 1. The van der Waals surface area contributed by atoms with Crippen LogP contribution < -0.4 is 4.74 Å². The second kappa shape index (κ2) is 7.54. The third kappa shape index (κ3) is 3.91. The molecule has 3 heteroatoms. The van der Waals surface area contributed by atoms with E-state index in [0.717, 1.165) is 24.2 Å². The average molecular weight is 248 g/mol. The predicted octanol–water partition coefficient (Wildman–Crippen LogP) is 3.38. The lowest BCUT2D eigenvalue weighted by Crippen LogP contribution is -2.06. The van der Waals surface area contributed by atoms with Crippen LogP contribution in [0.3, 0.4) is 0 Å². The minimum Gasteiger partial charge on any atom is -0.489 e. The van der Waals surface area contributed by atoms with E-state index >= 15 is 0 Å². The molecule has 0 aromatic heterocycles. The first kappa shape index (κ1) is 14.3. The van der Waals surface area contributed by atoms with Gasteiger partial charge in [-0.15, -0.1) is 0 Å². The molecular weight excluding hydrogens is 228 g/mol. The third-order valence-electron chi connectivity index (χ3n) is 2.45. The van der Waals surface area contributed by atoms with Crippen molar-refractivity contribution in [3.63, 3.8) is 0 Å². The van der Waals surface area contributed by atoms with Crippen molar-refractivity contribution in [2.24, 2.45) is 0 Å². The van der Waals surface area contributed by atoms with E-state index in [9.17, 15) is 4.79 Å². The van der Waals surface area contributed by atoms with E-state index in [-0.39, 0.29) is 5.97 Å². The van der Waals surface area contributed by atoms with Gasteiger partial charge in [-0.3, -0.25) is 0 Å². The predicted molar refractivity (Wildman–Crippen MR) is 72.1 cm³/mol. The molecule has 0 aliphatic rings. The number of carbonyl (C=O) groups is 1. The van der Waals surface area contributed by atoms with Gasteiger partial charge in [0.25, 0.3) is 0 Å². The van der Waals surface area contributed by atoms with E-state index in [4.69, 9.17) is 9.47 Å². The van der Waals surface area contributed by atoms with Gasteiger partial charge in [-0.05, 0) is 37.1 Å². The molecule has 0 amide bonds. The molecular formula is C15H20O3. The van der Waals surface area contributed by atoms with Crippen LogP contribution in [0.4, 0.5) is 0 Å². The Morgan fingerprint density at radius 1 is 1.39 bits per heavy atom. The van der Waals surface area contributed by atoms with Gasteiger partial charge >= 0.3 is 5.97 Å². The van der Waals surface area contributed by atoms with Crippen molar-refractivity contribution in [2.75, 3.05) is 13.2 Å². The maximum Gasteiger partial charge on any atom is 0.338 e. The Bertz CT molecular complexity index is 410. The summed E-state index contributed by atoms with van der Waals surface area (Å²) in [5.74, 6) is 0.523. The highest BCUT2D eigenvalue weighted by Gasteiger charge is 2.10. The summed E-state index contributed by atoms with van der Waals surface area (Å²) in [6.07, 6.45) is 3.57. The second-order valence-corrected chi connectivity index (χ2v) is 3.89. The highest BCUT2D eigenvalue weighted by atomic mass is 16.5. The molecule has 0 heterocycles. The molecule has 0 aliphatic heterocycles. The molecule has 0 bridgehead atoms. The van der Waals surface area contributed by atoms with Crippen LogP contribution in [0, 0.1) is 0 Å². The first-order valence-electron chi connectivity index (χ1n) is 6.26. The van der Waals surface area contributed by atoms with E-state index < -0.39 is 0 Å². The van der Waals surface area contributed by atoms with Crippen molar-refractivity contribution in [1.29, 1.82) is 0 Å². The van der Waals surface area contributed by atoms with Gasteiger partial charge in [0.15, 0.2) is 0 Å². The summed E-state index contributed by atoms with van der Waals surface area (Å²) >= 11 is 0. The molecule has 1 rings (SSSR count). The molecule has 18 heavy (non-hydrogen) atoms. The Hall–Kier alpha value is -1.77. The Balaban J connectivity index is 2.94. The van der Waals surface area contributed by atoms with E-state index in [1.165, 1.54) is 0 Å². The van der Waals surface area contributed by atoms with Crippen LogP contribution in [0.25, 0.3) is 0 Å². The highest BCUT2D eigenvalue weighted by Crippen LogP contribution is 2.22. The van der Waals surface area contributed by atoms with E-state index in [1.807, 2.05) is 12.1 Å². The molecule has 0 aliphatic carbocycles. The summed E-state index contributed by atoms with van der Waals surface area (Å²) in [5.41, 5.74) is 1.61. The molecule has 0 spiro atoms. The zero-order valence-corrected chi connectivity index (χ0v) is 11.1. The number of hydrogen-bond donors (Lipinski definition) is 0. The highest BCUT2D eigenvalue weighted by molar-refractivity contribution is 5.89. The Kier molecular flexibility index (Phi) is 5.98. The molecule has 1 aromatic carbocycles. The Labute approximate surface area is 108 Å².